The predicted molar refractivity (Wildman–Crippen MR) is 75.0 cm³/mol. The number of unbranched alkanes of at least 4 members (excludes halogenated alkanes) is 1. The molecule has 1 heterocycles. The number of hydrogen-bond donors (Lipinski definition) is 0. The first-order chi connectivity index (χ1) is 9.05. The van der Waals surface area contributed by atoms with Crippen LogP contribution in [0.25, 0.3) is 0 Å². The first-order valence-electron chi connectivity index (χ1n) is 6.77. The van der Waals surface area contributed by atoms with Crippen LogP contribution in [0.15, 0.2) is 23.1 Å². The molecule has 1 aromatic rings. The van der Waals surface area contributed by atoms with E-state index in [1.165, 1.54) is 4.31 Å². The standard InChI is InChI=1S/C14H21NO3S/c1-3-4-9-15(2)19(16,17)13-7-8-14-12(11-13)6-5-10-18-14/h7-8,11H,3-6,9-10H2,1-2H3. The van der Waals surface area contributed by atoms with E-state index in [-0.39, 0.29) is 0 Å². The second kappa shape index (κ2) is 5.92. The fraction of sp³-hybridized carbons (Fsp3) is 0.571. The number of ether oxygens (including phenoxy) is 1. The van der Waals surface area contributed by atoms with Crippen LogP contribution >= 0.6 is 0 Å². The van der Waals surface area contributed by atoms with Crippen molar-refractivity contribution in [2.45, 2.75) is 37.5 Å². The van der Waals surface area contributed by atoms with E-state index < -0.39 is 10.0 Å². The van der Waals surface area contributed by atoms with E-state index >= 15 is 0 Å². The minimum absolute atomic E-state index is 0.371. The molecule has 0 saturated heterocycles. The van der Waals surface area contributed by atoms with Gasteiger partial charge < -0.3 is 4.74 Å². The molecule has 1 aliphatic heterocycles. The van der Waals surface area contributed by atoms with Crippen molar-refractivity contribution in [2.75, 3.05) is 20.2 Å². The van der Waals surface area contributed by atoms with Gasteiger partial charge in [0.15, 0.2) is 0 Å². The monoisotopic (exact) mass is 283 g/mol. The Hall–Kier alpha value is -1.07. The van der Waals surface area contributed by atoms with Gasteiger partial charge in [0.1, 0.15) is 5.75 Å². The summed E-state index contributed by atoms with van der Waals surface area (Å²) >= 11 is 0. The van der Waals surface area contributed by atoms with Crippen molar-refractivity contribution in [1.82, 2.24) is 4.31 Å². The van der Waals surface area contributed by atoms with Crippen molar-refractivity contribution in [2.24, 2.45) is 0 Å². The third-order valence-corrected chi connectivity index (χ3v) is 5.27. The van der Waals surface area contributed by atoms with Crippen molar-refractivity contribution >= 4 is 10.0 Å². The molecule has 0 aromatic heterocycles. The molecule has 0 bridgehead atoms. The van der Waals surface area contributed by atoms with Gasteiger partial charge in [-0.15, -0.1) is 0 Å². The van der Waals surface area contributed by atoms with Gasteiger partial charge in [-0.2, -0.15) is 0 Å². The summed E-state index contributed by atoms with van der Waals surface area (Å²) in [6.07, 6.45) is 3.70. The number of benzene rings is 1. The Kier molecular flexibility index (Phi) is 4.47. The maximum Gasteiger partial charge on any atom is 0.242 e. The van der Waals surface area contributed by atoms with Gasteiger partial charge in [-0.1, -0.05) is 13.3 Å². The Labute approximate surface area is 115 Å². The van der Waals surface area contributed by atoms with Crippen molar-refractivity contribution in [1.29, 1.82) is 0 Å². The second-order valence-electron chi connectivity index (χ2n) is 4.90. The molecule has 0 N–H and O–H groups in total. The van der Waals surface area contributed by atoms with E-state index in [4.69, 9.17) is 4.74 Å². The van der Waals surface area contributed by atoms with Crippen LogP contribution in [0.1, 0.15) is 31.7 Å². The third kappa shape index (κ3) is 3.09. The highest BCUT2D eigenvalue weighted by molar-refractivity contribution is 7.89. The van der Waals surface area contributed by atoms with Crippen LogP contribution in [-0.4, -0.2) is 32.9 Å². The molecule has 0 atom stereocenters. The van der Waals surface area contributed by atoms with Crippen LogP contribution in [0.4, 0.5) is 0 Å². The van der Waals surface area contributed by atoms with Crippen LogP contribution in [0.3, 0.4) is 0 Å². The third-order valence-electron chi connectivity index (χ3n) is 3.41. The van der Waals surface area contributed by atoms with E-state index in [0.717, 1.165) is 43.6 Å². The Morgan fingerprint density at radius 3 is 2.89 bits per heavy atom. The van der Waals surface area contributed by atoms with Gasteiger partial charge in [-0.05, 0) is 43.0 Å². The molecule has 0 saturated carbocycles. The first-order valence-corrected chi connectivity index (χ1v) is 8.22. The van der Waals surface area contributed by atoms with Gasteiger partial charge >= 0.3 is 0 Å². The highest BCUT2D eigenvalue weighted by atomic mass is 32.2. The summed E-state index contributed by atoms with van der Waals surface area (Å²) in [4.78, 5) is 0.371. The molecule has 2 rings (SSSR count). The van der Waals surface area contributed by atoms with E-state index in [9.17, 15) is 8.42 Å². The Balaban J connectivity index is 2.25. The van der Waals surface area contributed by atoms with Crippen molar-refractivity contribution in [3.8, 4) is 5.75 Å². The van der Waals surface area contributed by atoms with Crippen molar-refractivity contribution in [3.05, 3.63) is 23.8 Å². The van der Waals surface area contributed by atoms with Gasteiger partial charge in [0, 0.05) is 13.6 Å². The first kappa shape index (κ1) is 14.3. The molecule has 0 unspecified atom stereocenters. The van der Waals surface area contributed by atoms with Crippen molar-refractivity contribution in [3.63, 3.8) is 0 Å². The fourth-order valence-corrected chi connectivity index (χ4v) is 3.44. The van der Waals surface area contributed by atoms with Crippen LogP contribution in [0.5, 0.6) is 5.75 Å². The molecule has 0 radical (unpaired) electrons. The number of fused-ring (bicyclic) bond motifs is 1. The largest absolute Gasteiger partial charge is 0.493 e. The zero-order valence-corrected chi connectivity index (χ0v) is 12.4. The zero-order chi connectivity index (χ0) is 13.9. The number of sulfonamides is 1. The van der Waals surface area contributed by atoms with E-state index in [2.05, 4.69) is 6.92 Å². The van der Waals surface area contributed by atoms with Gasteiger partial charge in [0.25, 0.3) is 0 Å². The van der Waals surface area contributed by atoms with Crippen LogP contribution in [-0.2, 0) is 16.4 Å². The van der Waals surface area contributed by atoms with E-state index in [1.807, 2.05) is 0 Å². The molecule has 0 amide bonds. The highest BCUT2D eigenvalue weighted by Gasteiger charge is 2.22. The number of aryl methyl sites for hydroxylation is 1. The minimum Gasteiger partial charge on any atom is -0.493 e. The summed E-state index contributed by atoms with van der Waals surface area (Å²) in [7, 11) is -1.73. The molecule has 19 heavy (non-hydrogen) atoms. The lowest BCUT2D eigenvalue weighted by atomic mass is 10.1. The lowest BCUT2D eigenvalue weighted by Crippen LogP contribution is -2.28. The van der Waals surface area contributed by atoms with Crippen molar-refractivity contribution < 1.29 is 13.2 Å². The topological polar surface area (TPSA) is 46.6 Å². The summed E-state index contributed by atoms with van der Waals surface area (Å²) in [5, 5.41) is 0. The Morgan fingerprint density at radius 1 is 1.37 bits per heavy atom. The smallest absolute Gasteiger partial charge is 0.242 e. The molecule has 1 aromatic carbocycles. The normalized spacial score (nSPS) is 15.1. The van der Waals surface area contributed by atoms with Gasteiger partial charge in [0.05, 0.1) is 11.5 Å². The van der Waals surface area contributed by atoms with Crippen LogP contribution in [0, 0.1) is 0 Å². The SMILES string of the molecule is CCCCN(C)S(=O)(=O)c1ccc2c(c1)CCCO2. The number of rotatable bonds is 5. The zero-order valence-electron chi connectivity index (χ0n) is 11.6. The lowest BCUT2D eigenvalue weighted by molar-refractivity contribution is 0.288. The molecular formula is C14H21NO3S. The summed E-state index contributed by atoms with van der Waals surface area (Å²) in [6.45, 7) is 3.33. The molecule has 0 spiro atoms. The summed E-state index contributed by atoms with van der Waals surface area (Å²) in [5.74, 6) is 0.821. The molecule has 0 aliphatic carbocycles. The summed E-state index contributed by atoms with van der Waals surface area (Å²) in [5.41, 5.74) is 0.996. The average Bonchev–Trinajstić information content (AvgIpc) is 2.44. The van der Waals surface area contributed by atoms with Crippen LogP contribution in [0.2, 0.25) is 0 Å². The Bertz CT molecular complexity index is 540. The summed E-state index contributed by atoms with van der Waals surface area (Å²) < 4.78 is 31.8. The minimum atomic E-state index is -3.37. The fourth-order valence-electron chi connectivity index (χ4n) is 2.18. The second-order valence-corrected chi connectivity index (χ2v) is 6.95. The lowest BCUT2D eigenvalue weighted by Gasteiger charge is -2.20. The quantitative estimate of drug-likeness (QED) is 0.834. The van der Waals surface area contributed by atoms with Gasteiger partial charge in [0.2, 0.25) is 10.0 Å². The maximum absolute atomic E-state index is 12.4. The molecule has 0 fully saturated rings. The van der Waals surface area contributed by atoms with E-state index in [0.29, 0.717) is 11.4 Å². The van der Waals surface area contributed by atoms with Gasteiger partial charge in [-0.3, -0.25) is 0 Å². The predicted octanol–water partition coefficient (Wildman–Crippen LogP) is 2.43. The average molecular weight is 283 g/mol. The molecule has 106 valence electrons. The molecule has 1 aliphatic rings. The molecule has 4 nitrogen and oxygen atoms in total. The summed E-state index contributed by atoms with van der Waals surface area (Å²) in [6, 6.07) is 5.17. The number of hydrogen-bond acceptors (Lipinski definition) is 3. The Morgan fingerprint density at radius 2 is 2.16 bits per heavy atom. The highest BCUT2D eigenvalue weighted by Crippen LogP contribution is 2.28. The van der Waals surface area contributed by atoms with Crippen LogP contribution < -0.4 is 4.74 Å². The molecular weight excluding hydrogens is 262 g/mol. The number of nitrogens with zero attached hydrogens (tertiary/aromatic N) is 1. The van der Waals surface area contributed by atoms with E-state index in [1.54, 1.807) is 25.2 Å². The van der Waals surface area contributed by atoms with Gasteiger partial charge in [-0.25, -0.2) is 12.7 Å². The molecule has 5 heteroatoms. The maximum atomic E-state index is 12.4.